The van der Waals surface area contributed by atoms with Crippen LogP contribution in [-0.2, 0) is 4.74 Å². The second-order valence-corrected chi connectivity index (χ2v) is 8.14. The molecule has 1 heterocycles. The number of carbonyl (C=O) groups excluding carboxylic acids is 1. The molecule has 1 fully saturated rings. The van der Waals surface area contributed by atoms with E-state index in [-0.39, 0.29) is 11.6 Å². The molecule has 2 aromatic rings. The number of alkyl carbamates (subject to hydrolysis) is 1. The average molecular weight is 354 g/mol. The molecule has 1 saturated carbocycles. The summed E-state index contributed by atoms with van der Waals surface area (Å²) in [5.41, 5.74) is 1.23. The molecule has 1 amide bonds. The Morgan fingerprint density at radius 3 is 2.73 bits per heavy atom. The first-order valence-corrected chi connectivity index (χ1v) is 9.18. The van der Waals surface area contributed by atoms with Gasteiger partial charge in [-0.15, -0.1) is 0 Å². The molecule has 0 saturated heterocycles. The number of hydrogen-bond acceptors (Lipinski definition) is 4. The van der Waals surface area contributed by atoms with E-state index in [0.29, 0.717) is 24.1 Å². The van der Waals surface area contributed by atoms with Gasteiger partial charge in [-0.3, -0.25) is 4.68 Å². The first-order valence-electron chi connectivity index (χ1n) is 9.18. The van der Waals surface area contributed by atoms with E-state index in [0.717, 1.165) is 36.6 Å². The maximum atomic E-state index is 11.8. The summed E-state index contributed by atoms with van der Waals surface area (Å²) in [6, 6.07) is 8.13. The van der Waals surface area contributed by atoms with Gasteiger partial charge in [0.05, 0.1) is 29.8 Å². The van der Waals surface area contributed by atoms with Crippen molar-refractivity contribution in [3.05, 3.63) is 30.0 Å². The molecule has 6 heteroatoms. The molecule has 0 spiro atoms. The number of nitrogens with zero attached hydrogens (tertiary/aromatic N) is 3. The van der Waals surface area contributed by atoms with Gasteiger partial charge in [-0.25, -0.2) is 4.79 Å². The summed E-state index contributed by atoms with van der Waals surface area (Å²) in [4.78, 5) is 11.8. The van der Waals surface area contributed by atoms with Gasteiger partial charge in [0.1, 0.15) is 0 Å². The number of ether oxygens (including phenoxy) is 1. The van der Waals surface area contributed by atoms with Crippen LogP contribution >= 0.6 is 0 Å². The van der Waals surface area contributed by atoms with E-state index in [9.17, 15) is 4.79 Å². The van der Waals surface area contributed by atoms with E-state index in [1.807, 2.05) is 43.7 Å². The molecule has 0 bridgehead atoms. The zero-order valence-electron chi connectivity index (χ0n) is 15.7. The Hall–Kier alpha value is -2.55. The van der Waals surface area contributed by atoms with Crippen molar-refractivity contribution >= 4 is 17.0 Å². The largest absolute Gasteiger partial charge is 0.449 e. The standard InChI is InChI=1S/C20H26N4O2/c1-20(2,3)22-19(25)26-13-14-5-8-17(9-6-14)24-12-16-7-4-15(11-21)10-18(16)23-24/h4,7,10,12,14,17H,5-6,8-9,13H2,1-3H3,(H,22,25). The summed E-state index contributed by atoms with van der Waals surface area (Å²) < 4.78 is 7.41. The SMILES string of the molecule is CC(C)(C)NC(=O)OCC1CCC(n2cc3ccc(C#N)cc3n2)CC1. The van der Waals surface area contributed by atoms with Gasteiger partial charge in [0.2, 0.25) is 0 Å². The zero-order chi connectivity index (χ0) is 18.7. The summed E-state index contributed by atoms with van der Waals surface area (Å²) in [5.74, 6) is 0.409. The fourth-order valence-corrected chi connectivity index (χ4v) is 3.40. The minimum Gasteiger partial charge on any atom is -0.449 e. The topological polar surface area (TPSA) is 79.9 Å². The molecule has 1 aromatic heterocycles. The Morgan fingerprint density at radius 2 is 2.08 bits per heavy atom. The van der Waals surface area contributed by atoms with Gasteiger partial charge in [-0.1, -0.05) is 0 Å². The Labute approximate surface area is 154 Å². The van der Waals surface area contributed by atoms with Crippen LogP contribution in [0.1, 0.15) is 58.1 Å². The van der Waals surface area contributed by atoms with Crippen molar-refractivity contribution in [2.45, 2.75) is 58.0 Å². The Kier molecular flexibility index (Phi) is 5.17. The van der Waals surface area contributed by atoms with E-state index >= 15 is 0 Å². The number of nitriles is 1. The van der Waals surface area contributed by atoms with Crippen LogP contribution < -0.4 is 5.32 Å². The maximum absolute atomic E-state index is 11.8. The van der Waals surface area contributed by atoms with Crippen molar-refractivity contribution < 1.29 is 9.53 Å². The maximum Gasteiger partial charge on any atom is 0.407 e. The number of fused-ring (bicyclic) bond motifs is 1. The van der Waals surface area contributed by atoms with Gasteiger partial charge in [-0.05, 0) is 70.6 Å². The highest BCUT2D eigenvalue weighted by molar-refractivity contribution is 5.79. The van der Waals surface area contributed by atoms with Crippen molar-refractivity contribution in [1.29, 1.82) is 5.26 Å². The molecular weight excluding hydrogens is 328 g/mol. The molecular formula is C20H26N4O2. The molecule has 26 heavy (non-hydrogen) atoms. The molecule has 0 atom stereocenters. The van der Waals surface area contributed by atoms with Crippen LogP contribution in [0.15, 0.2) is 24.4 Å². The molecule has 0 unspecified atom stereocenters. The van der Waals surface area contributed by atoms with Gasteiger partial charge in [0, 0.05) is 17.1 Å². The van der Waals surface area contributed by atoms with Crippen molar-refractivity contribution in [3.63, 3.8) is 0 Å². The summed E-state index contributed by atoms with van der Waals surface area (Å²) in [6.07, 6.45) is 5.81. The number of rotatable bonds is 3. The highest BCUT2D eigenvalue weighted by Gasteiger charge is 2.24. The van der Waals surface area contributed by atoms with Crippen molar-refractivity contribution in [2.75, 3.05) is 6.61 Å². The summed E-state index contributed by atoms with van der Waals surface area (Å²) >= 11 is 0. The van der Waals surface area contributed by atoms with Crippen molar-refractivity contribution in [1.82, 2.24) is 15.1 Å². The lowest BCUT2D eigenvalue weighted by Crippen LogP contribution is -2.41. The average Bonchev–Trinajstić information content (AvgIpc) is 3.02. The van der Waals surface area contributed by atoms with E-state index in [4.69, 9.17) is 10.00 Å². The molecule has 138 valence electrons. The number of aromatic nitrogens is 2. The Balaban J connectivity index is 1.52. The predicted molar refractivity (Wildman–Crippen MR) is 99.7 cm³/mol. The van der Waals surface area contributed by atoms with Crippen LogP contribution in [0, 0.1) is 17.2 Å². The highest BCUT2D eigenvalue weighted by Crippen LogP contribution is 2.33. The molecule has 0 radical (unpaired) electrons. The Morgan fingerprint density at radius 1 is 1.35 bits per heavy atom. The van der Waals surface area contributed by atoms with Crippen LogP contribution in [0.3, 0.4) is 0 Å². The fourth-order valence-electron chi connectivity index (χ4n) is 3.40. The smallest absolute Gasteiger partial charge is 0.407 e. The summed E-state index contributed by atoms with van der Waals surface area (Å²) in [6.45, 7) is 6.29. The van der Waals surface area contributed by atoms with Crippen LogP contribution in [0.5, 0.6) is 0 Å². The van der Waals surface area contributed by atoms with E-state index < -0.39 is 0 Å². The van der Waals surface area contributed by atoms with Crippen LogP contribution in [0.4, 0.5) is 4.79 Å². The zero-order valence-corrected chi connectivity index (χ0v) is 15.7. The first kappa shape index (κ1) is 18.2. The minimum absolute atomic E-state index is 0.276. The number of carbonyl (C=O) groups is 1. The van der Waals surface area contributed by atoms with Crippen molar-refractivity contribution in [3.8, 4) is 6.07 Å². The van der Waals surface area contributed by atoms with Gasteiger partial charge in [0.15, 0.2) is 0 Å². The third-order valence-electron chi connectivity index (χ3n) is 4.77. The molecule has 0 aliphatic heterocycles. The normalized spacial score (nSPS) is 20.5. The van der Waals surface area contributed by atoms with Crippen LogP contribution in [0.25, 0.3) is 10.9 Å². The molecule has 6 nitrogen and oxygen atoms in total. The third-order valence-corrected chi connectivity index (χ3v) is 4.77. The van der Waals surface area contributed by atoms with Crippen molar-refractivity contribution in [2.24, 2.45) is 5.92 Å². The third kappa shape index (κ3) is 4.54. The molecule has 1 aromatic carbocycles. The minimum atomic E-state index is -0.341. The first-order chi connectivity index (χ1) is 12.3. The molecule has 1 aliphatic carbocycles. The summed E-state index contributed by atoms with van der Waals surface area (Å²) in [5, 5.41) is 17.5. The molecule has 3 rings (SSSR count). The van der Waals surface area contributed by atoms with Gasteiger partial charge < -0.3 is 10.1 Å². The molecule has 1 N–H and O–H groups in total. The van der Waals surface area contributed by atoms with Gasteiger partial charge in [0.25, 0.3) is 0 Å². The van der Waals surface area contributed by atoms with Gasteiger partial charge >= 0.3 is 6.09 Å². The lowest BCUT2D eigenvalue weighted by atomic mass is 9.86. The number of amides is 1. The summed E-state index contributed by atoms with van der Waals surface area (Å²) in [7, 11) is 0. The lowest BCUT2D eigenvalue weighted by Gasteiger charge is -2.29. The van der Waals surface area contributed by atoms with Crippen LogP contribution in [-0.4, -0.2) is 28.0 Å². The van der Waals surface area contributed by atoms with E-state index in [2.05, 4.69) is 22.7 Å². The van der Waals surface area contributed by atoms with E-state index in [1.54, 1.807) is 0 Å². The second-order valence-electron chi connectivity index (χ2n) is 8.14. The number of nitrogens with one attached hydrogen (secondary N) is 1. The molecule has 1 aliphatic rings. The monoisotopic (exact) mass is 354 g/mol. The quantitative estimate of drug-likeness (QED) is 0.897. The predicted octanol–water partition coefficient (Wildman–Crippen LogP) is 4.16. The number of hydrogen-bond donors (Lipinski definition) is 1. The second kappa shape index (κ2) is 7.36. The van der Waals surface area contributed by atoms with Gasteiger partial charge in [-0.2, -0.15) is 10.4 Å². The highest BCUT2D eigenvalue weighted by atomic mass is 16.5. The fraction of sp³-hybridized carbons (Fsp3) is 0.550. The Bertz CT molecular complexity index is 820. The number of benzene rings is 1. The van der Waals surface area contributed by atoms with E-state index in [1.165, 1.54) is 0 Å². The lowest BCUT2D eigenvalue weighted by molar-refractivity contribution is 0.103. The van der Waals surface area contributed by atoms with Crippen LogP contribution in [0.2, 0.25) is 0 Å².